The van der Waals surface area contributed by atoms with Gasteiger partial charge in [0, 0.05) is 17.7 Å². The molecule has 0 atom stereocenters. The first-order chi connectivity index (χ1) is 11.6. The number of alkyl carbamates (subject to hydrolysis) is 1. The first-order valence-electron chi connectivity index (χ1n) is 9.12. The molecule has 26 heavy (non-hydrogen) atoms. The van der Waals surface area contributed by atoms with Gasteiger partial charge in [0.25, 0.3) is 0 Å². The smallest absolute Gasteiger partial charge is 0.407 e. The van der Waals surface area contributed by atoms with E-state index in [1.165, 1.54) is 5.56 Å². The van der Waals surface area contributed by atoms with Gasteiger partial charge in [0.05, 0.1) is 0 Å². The number of aromatic hydroxyl groups is 1. The van der Waals surface area contributed by atoms with Crippen molar-refractivity contribution in [3.8, 4) is 5.75 Å². The number of hydrogen-bond acceptors (Lipinski definition) is 3. The lowest BCUT2D eigenvalue weighted by molar-refractivity contribution is 0.0534. The number of carbonyl (C=O) groups excluding carboxylic acids is 1. The van der Waals surface area contributed by atoms with Gasteiger partial charge in [0.2, 0.25) is 0 Å². The molecule has 0 saturated carbocycles. The van der Waals surface area contributed by atoms with Crippen LogP contribution in [0.5, 0.6) is 5.75 Å². The highest BCUT2D eigenvalue weighted by molar-refractivity contribution is 5.68. The monoisotopic (exact) mass is 361 g/mol. The fourth-order valence-corrected chi connectivity index (χ4v) is 2.43. The molecular formula is C22H35NO3. The topological polar surface area (TPSA) is 58.6 Å². The number of phenolic OH excluding ortho intramolecular Hbond substituents is 1. The highest BCUT2D eigenvalue weighted by atomic mass is 16.6. The molecule has 146 valence electrons. The van der Waals surface area contributed by atoms with Gasteiger partial charge < -0.3 is 15.2 Å². The summed E-state index contributed by atoms with van der Waals surface area (Å²) in [5.74, 6) is 0.291. The summed E-state index contributed by atoms with van der Waals surface area (Å²) in [5.41, 5.74) is 2.14. The van der Waals surface area contributed by atoms with Crippen LogP contribution in [-0.4, -0.2) is 23.3 Å². The molecule has 2 N–H and O–H groups in total. The molecule has 1 rings (SSSR count). The van der Waals surface area contributed by atoms with Gasteiger partial charge in [0.1, 0.15) is 11.4 Å². The summed E-state index contributed by atoms with van der Waals surface area (Å²) < 4.78 is 5.21. The Morgan fingerprint density at radius 3 is 2.08 bits per heavy atom. The second-order valence-corrected chi connectivity index (χ2v) is 9.75. The van der Waals surface area contributed by atoms with Gasteiger partial charge >= 0.3 is 6.09 Å². The van der Waals surface area contributed by atoms with Gasteiger partial charge in [-0.1, -0.05) is 59.8 Å². The van der Waals surface area contributed by atoms with E-state index in [0.29, 0.717) is 12.3 Å². The fourth-order valence-electron chi connectivity index (χ4n) is 2.43. The molecule has 0 radical (unpaired) electrons. The van der Waals surface area contributed by atoms with E-state index in [4.69, 9.17) is 4.74 Å². The van der Waals surface area contributed by atoms with E-state index in [1.807, 2.05) is 39.0 Å². The Hall–Kier alpha value is -1.97. The van der Waals surface area contributed by atoms with Crippen molar-refractivity contribution in [1.29, 1.82) is 0 Å². The van der Waals surface area contributed by atoms with Crippen LogP contribution in [0, 0.1) is 0 Å². The average Bonchev–Trinajstić information content (AvgIpc) is 2.40. The summed E-state index contributed by atoms with van der Waals surface area (Å²) in [6.07, 6.45) is 3.21. The van der Waals surface area contributed by atoms with E-state index >= 15 is 0 Å². The molecule has 0 fully saturated rings. The number of phenols is 1. The SMILES string of the molecule is CC(C)(C)OC(=O)NCC=Cc1cc(C(C)(C)C)cc(C(C)(C)C)c1O. The minimum Gasteiger partial charge on any atom is -0.507 e. The highest BCUT2D eigenvalue weighted by Crippen LogP contribution is 2.38. The molecule has 1 amide bonds. The van der Waals surface area contributed by atoms with Crippen LogP contribution in [0.2, 0.25) is 0 Å². The van der Waals surface area contributed by atoms with Crippen LogP contribution >= 0.6 is 0 Å². The third-order valence-electron chi connectivity index (χ3n) is 3.87. The second-order valence-electron chi connectivity index (χ2n) is 9.75. The van der Waals surface area contributed by atoms with Crippen molar-refractivity contribution >= 4 is 12.2 Å². The van der Waals surface area contributed by atoms with Crippen LogP contribution in [0.3, 0.4) is 0 Å². The van der Waals surface area contributed by atoms with E-state index in [-0.39, 0.29) is 10.8 Å². The molecular weight excluding hydrogens is 326 g/mol. The van der Waals surface area contributed by atoms with Crippen molar-refractivity contribution in [1.82, 2.24) is 5.32 Å². The van der Waals surface area contributed by atoms with Gasteiger partial charge in [0.15, 0.2) is 0 Å². The molecule has 0 unspecified atom stereocenters. The summed E-state index contributed by atoms with van der Waals surface area (Å²) in [6, 6.07) is 4.10. The Morgan fingerprint density at radius 1 is 1.04 bits per heavy atom. The molecule has 4 nitrogen and oxygen atoms in total. The lowest BCUT2D eigenvalue weighted by Gasteiger charge is -2.27. The number of hydrogen-bond donors (Lipinski definition) is 2. The molecule has 0 aliphatic carbocycles. The van der Waals surface area contributed by atoms with Crippen molar-refractivity contribution in [2.45, 2.75) is 78.7 Å². The normalized spacial score (nSPS) is 13.1. The van der Waals surface area contributed by atoms with E-state index < -0.39 is 11.7 Å². The highest BCUT2D eigenvalue weighted by Gasteiger charge is 2.24. The second kappa shape index (κ2) is 7.73. The Labute approximate surface area is 158 Å². The molecule has 4 heteroatoms. The summed E-state index contributed by atoms with van der Waals surface area (Å²) in [7, 11) is 0. The lowest BCUT2D eigenvalue weighted by Crippen LogP contribution is -2.32. The van der Waals surface area contributed by atoms with Crippen molar-refractivity contribution in [3.63, 3.8) is 0 Å². The zero-order valence-electron chi connectivity index (χ0n) is 17.8. The van der Waals surface area contributed by atoms with Gasteiger partial charge in [-0.25, -0.2) is 4.79 Å². The molecule has 0 spiro atoms. The maximum absolute atomic E-state index is 11.7. The van der Waals surface area contributed by atoms with Crippen LogP contribution in [0.15, 0.2) is 18.2 Å². The molecule has 1 aromatic rings. The van der Waals surface area contributed by atoms with E-state index in [1.54, 1.807) is 0 Å². The van der Waals surface area contributed by atoms with E-state index in [2.05, 4.69) is 52.9 Å². The van der Waals surface area contributed by atoms with Gasteiger partial charge in [-0.3, -0.25) is 0 Å². The maximum atomic E-state index is 11.7. The van der Waals surface area contributed by atoms with Crippen molar-refractivity contribution in [3.05, 3.63) is 34.9 Å². The maximum Gasteiger partial charge on any atom is 0.407 e. The molecule has 0 saturated heterocycles. The molecule has 0 heterocycles. The molecule has 1 aromatic carbocycles. The van der Waals surface area contributed by atoms with Gasteiger partial charge in [-0.05, 0) is 43.2 Å². The van der Waals surface area contributed by atoms with Crippen molar-refractivity contribution < 1.29 is 14.6 Å². The molecule has 0 aliphatic rings. The van der Waals surface area contributed by atoms with Crippen molar-refractivity contribution in [2.24, 2.45) is 0 Å². The fraction of sp³-hybridized carbons (Fsp3) is 0.591. The Kier molecular flexibility index (Phi) is 6.56. The third-order valence-corrected chi connectivity index (χ3v) is 3.87. The summed E-state index contributed by atoms with van der Waals surface area (Å²) in [5, 5.41) is 13.4. The van der Waals surface area contributed by atoms with E-state index in [9.17, 15) is 9.90 Å². The Morgan fingerprint density at radius 2 is 1.62 bits per heavy atom. The van der Waals surface area contributed by atoms with Crippen LogP contribution in [0.4, 0.5) is 4.79 Å². The first-order valence-corrected chi connectivity index (χ1v) is 9.12. The lowest BCUT2D eigenvalue weighted by atomic mass is 9.79. The minimum atomic E-state index is -0.519. The van der Waals surface area contributed by atoms with Gasteiger partial charge in [-0.15, -0.1) is 0 Å². The average molecular weight is 362 g/mol. The summed E-state index contributed by atoms with van der Waals surface area (Å²) >= 11 is 0. The number of ether oxygens (including phenoxy) is 1. The zero-order valence-corrected chi connectivity index (χ0v) is 17.8. The predicted molar refractivity (Wildman–Crippen MR) is 109 cm³/mol. The Balaban J connectivity index is 3.03. The summed E-state index contributed by atoms with van der Waals surface area (Å²) in [4.78, 5) is 11.7. The number of nitrogens with one attached hydrogen (secondary N) is 1. The molecule has 0 aromatic heterocycles. The largest absolute Gasteiger partial charge is 0.507 e. The van der Waals surface area contributed by atoms with Crippen LogP contribution in [0.25, 0.3) is 6.08 Å². The molecule has 0 aliphatic heterocycles. The summed E-state index contributed by atoms with van der Waals surface area (Å²) in [6.45, 7) is 18.5. The zero-order chi connectivity index (χ0) is 20.3. The van der Waals surface area contributed by atoms with Crippen LogP contribution in [0.1, 0.15) is 79.0 Å². The predicted octanol–water partition coefficient (Wildman–Crippen LogP) is 5.53. The quantitative estimate of drug-likeness (QED) is 0.744. The number of amides is 1. The molecule has 0 bridgehead atoms. The number of benzene rings is 1. The third kappa shape index (κ3) is 6.74. The van der Waals surface area contributed by atoms with Gasteiger partial charge in [-0.2, -0.15) is 0 Å². The number of carbonyl (C=O) groups is 1. The number of rotatable bonds is 3. The first kappa shape index (κ1) is 22.1. The Bertz CT molecular complexity index is 668. The minimum absolute atomic E-state index is 0.0228. The van der Waals surface area contributed by atoms with Crippen LogP contribution in [-0.2, 0) is 15.6 Å². The standard InChI is InChI=1S/C22H35NO3/c1-20(2,3)16-13-15(18(24)17(14-16)21(4,5)6)11-10-12-23-19(25)26-22(7,8)9/h10-11,13-14,24H,12H2,1-9H3,(H,23,25). The van der Waals surface area contributed by atoms with Crippen molar-refractivity contribution in [2.75, 3.05) is 6.54 Å². The van der Waals surface area contributed by atoms with Crippen LogP contribution < -0.4 is 5.32 Å². The van der Waals surface area contributed by atoms with E-state index in [0.717, 1.165) is 11.1 Å².